The number of nitrogens with zero attached hydrogens (tertiary/aromatic N) is 1. The summed E-state index contributed by atoms with van der Waals surface area (Å²) in [6.07, 6.45) is 3.31. The number of alkyl halides is 1. The van der Waals surface area contributed by atoms with Gasteiger partial charge in [0.05, 0.1) is 13.2 Å². The van der Waals surface area contributed by atoms with Gasteiger partial charge in [0.25, 0.3) is 0 Å². The lowest BCUT2D eigenvalue weighted by Gasteiger charge is -2.24. The standard InChI is InChI=1S/C17H23ClFNO3/c1-23-16-6-5-12(9-14(16)19)11-20(17(22)10-18)8-7-13-3-2-4-15(13)21/h5-6,9,13,15,21H,2-4,7-8,10-11H2,1H3/t13-,15-/m0/s1. The Morgan fingerprint density at radius 2 is 2.26 bits per heavy atom. The van der Waals surface area contributed by atoms with Crippen molar-refractivity contribution in [1.82, 2.24) is 4.90 Å². The van der Waals surface area contributed by atoms with Gasteiger partial charge in [0.15, 0.2) is 11.6 Å². The van der Waals surface area contributed by atoms with Gasteiger partial charge < -0.3 is 14.7 Å². The zero-order chi connectivity index (χ0) is 16.8. The van der Waals surface area contributed by atoms with Crippen LogP contribution in [-0.4, -0.2) is 41.6 Å². The van der Waals surface area contributed by atoms with Gasteiger partial charge in [0.2, 0.25) is 5.91 Å². The Morgan fingerprint density at radius 3 is 2.83 bits per heavy atom. The molecule has 2 atom stereocenters. The Bertz CT molecular complexity index is 541. The van der Waals surface area contributed by atoms with E-state index in [1.165, 1.54) is 13.2 Å². The third-order valence-electron chi connectivity index (χ3n) is 4.45. The molecule has 1 amide bonds. The van der Waals surface area contributed by atoms with Crippen LogP contribution in [0, 0.1) is 11.7 Å². The SMILES string of the molecule is COc1ccc(CN(CC[C@@H]2CCC[C@@H]2O)C(=O)CCl)cc1F. The topological polar surface area (TPSA) is 49.8 Å². The first-order chi connectivity index (χ1) is 11.0. The maximum Gasteiger partial charge on any atom is 0.237 e. The normalized spacial score (nSPS) is 20.5. The van der Waals surface area contributed by atoms with Gasteiger partial charge in [-0.05, 0) is 42.9 Å². The number of amides is 1. The first-order valence-electron chi connectivity index (χ1n) is 7.89. The van der Waals surface area contributed by atoms with Gasteiger partial charge in [0, 0.05) is 13.1 Å². The van der Waals surface area contributed by atoms with Crippen molar-refractivity contribution in [1.29, 1.82) is 0 Å². The molecule has 0 heterocycles. The number of halogens is 2. The van der Waals surface area contributed by atoms with Gasteiger partial charge in [-0.1, -0.05) is 12.5 Å². The summed E-state index contributed by atoms with van der Waals surface area (Å²) in [6.45, 7) is 0.816. The number of ether oxygens (including phenoxy) is 1. The van der Waals surface area contributed by atoms with Crippen molar-refractivity contribution in [2.24, 2.45) is 5.92 Å². The summed E-state index contributed by atoms with van der Waals surface area (Å²) in [6, 6.07) is 4.66. The van der Waals surface area contributed by atoms with Crippen molar-refractivity contribution in [2.75, 3.05) is 19.5 Å². The van der Waals surface area contributed by atoms with E-state index in [1.54, 1.807) is 17.0 Å². The highest BCUT2D eigenvalue weighted by molar-refractivity contribution is 6.27. The number of rotatable bonds is 7. The van der Waals surface area contributed by atoms with Gasteiger partial charge in [-0.15, -0.1) is 11.6 Å². The molecule has 1 aromatic rings. The number of aliphatic hydroxyl groups is 1. The second kappa shape index (κ2) is 8.50. The van der Waals surface area contributed by atoms with Gasteiger partial charge in [0.1, 0.15) is 5.88 Å². The third-order valence-corrected chi connectivity index (χ3v) is 4.67. The highest BCUT2D eigenvalue weighted by atomic mass is 35.5. The lowest BCUT2D eigenvalue weighted by atomic mass is 10.0. The van der Waals surface area contributed by atoms with Gasteiger partial charge in [-0.25, -0.2) is 4.39 Å². The minimum atomic E-state index is -0.450. The molecule has 1 aliphatic carbocycles. The highest BCUT2D eigenvalue weighted by Crippen LogP contribution is 2.28. The second-order valence-electron chi connectivity index (χ2n) is 5.96. The zero-order valence-electron chi connectivity index (χ0n) is 13.3. The Labute approximate surface area is 141 Å². The van der Waals surface area contributed by atoms with Crippen molar-refractivity contribution in [2.45, 2.75) is 38.3 Å². The molecule has 1 fully saturated rings. The van der Waals surface area contributed by atoms with Crippen molar-refractivity contribution in [3.63, 3.8) is 0 Å². The molecule has 0 aliphatic heterocycles. The van der Waals surface area contributed by atoms with Crippen LogP contribution in [0.5, 0.6) is 5.75 Å². The summed E-state index contributed by atoms with van der Waals surface area (Å²) < 4.78 is 18.7. The molecule has 4 nitrogen and oxygen atoms in total. The highest BCUT2D eigenvalue weighted by Gasteiger charge is 2.26. The number of methoxy groups -OCH3 is 1. The minimum absolute atomic E-state index is 0.105. The number of hydrogen-bond donors (Lipinski definition) is 1. The number of benzene rings is 1. The largest absolute Gasteiger partial charge is 0.494 e. The monoisotopic (exact) mass is 343 g/mol. The summed E-state index contributed by atoms with van der Waals surface area (Å²) in [5.74, 6) is -0.331. The minimum Gasteiger partial charge on any atom is -0.494 e. The molecule has 0 saturated heterocycles. The van der Waals surface area contributed by atoms with E-state index in [9.17, 15) is 14.3 Å². The first-order valence-corrected chi connectivity index (χ1v) is 8.42. The van der Waals surface area contributed by atoms with Crippen LogP contribution in [0.1, 0.15) is 31.2 Å². The molecule has 23 heavy (non-hydrogen) atoms. The van der Waals surface area contributed by atoms with Crippen LogP contribution >= 0.6 is 11.6 Å². The maximum atomic E-state index is 13.8. The molecule has 0 spiro atoms. The van der Waals surface area contributed by atoms with Crippen LogP contribution in [0.25, 0.3) is 0 Å². The van der Waals surface area contributed by atoms with E-state index in [-0.39, 0.29) is 29.6 Å². The molecular weight excluding hydrogens is 321 g/mol. The van der Waals surface area contributed by atoms with Crippen LogP contribution in [0.3, 0.4) is 0 Å². The Hall–Kier alpha value is -1.33. The molecule has 1 aromatic carbocycles. The number of carbonyl (C=O) groups is 1. The smallest absolute Gasteiger partial charge is 0.237 e. The number of aliphatic hydroxyl groups excluding tert-OH is 1. The average Bonchev–Trinajstić information content (AvgIpc) is 2.96. The average molecular weight is 344 g/mol. The predicted octanol–water partition coefficient (Wildman–Crippen LogP) is 2.95. The Morgan fingerprint density at radius 1 is 1.48 bits per heavy atom. The lowest BCUT2D eigenvalue weighted by molar-refractivity contribution is -0.129. The number of hydrogen-bond acceptors (Lipinski definition) is 3. The summed E-state index contributed by atoms with van der Waals surface area (Å²) in [5.41, 5.74) is 0.689. The summed E-state index contributed by atoms with van der Waals surface area (Å²) >= 11 is 5.68. The third kappa shape index (κ3) is 4.82. The summed E-state index contributed by atoms with van der Waals surface area (Å²) in [5, 5.41) is 9.89. The molecule has 1 N–H and O–H groups in total. The first kappa shape index (κ1) is 18.0. The quantitative estimate of drug-likeness (QED) is 0.774. The zero-order valence-corrected chi connectivity index (χ0v) is 14.1. The fourth-order valence-corrected chi connectivity index (χ4v) is 3.25. The molecule has 0 aromatic heterocycles. The van der Waals surface area contributed by atoms with Crippen LogP contribution in [0.2, 0.25) is 0 Å². The van der Waals surface area contributed by atoms with E-state index in [2.05, 4.69) is 0 Å². The molecule has 0 unspecified atom stereocenters. The second-order valence-corrected chi connectivity index (χ2v) is 6.23. The Kier molecular flexibility index (Phi) is 6.66. The van der Waals surface area contributed by atoms with Gasteiger partial charge in [-0.2, -0.15) is 0 Å². The van der Waals surface area contributed by atoms with Crippen molar-refractivity contribution >= 4 is 17.5 Å². The fourth-order valence-electron chi connectivity index (χ4n) is 3.08. The summed E-state index contributed by atoms with van der Waals surface area (Å²) in [7, 11) is 1.41. The molecule has 1 saturated carbocycles. The van der Waals surface area contributed by atoms with Gasteiger partial charge >= 0.3 is 0 Å². The van der Waals surface area contributed by atoms with E-state index in [4.69, 9.17) is 16.3 Å². The fraction of sp³-hybridized carbons (Fsp3) is 0.588. The molecule has 128 valence electrons. The maximum absolute atomic E-state index is 13.8. The van der Waals surface area contributed by atoms with Crippen LogP contribution in [-0.2, 0) is 11.3 Å². The molecule has 1 aliphatic rings. The number of carbonyl (C=O) groups excluding carboxylic acids is 1. The van der Waals surface area contributed by atoms with E-state index in [1.807, 2.05) is 0 Å². The van der Waals surface area contributed by atoms with E-state index in [0.29, 0.717) is 18.7 Å². The molecule has 6 heteroatoms. The van der Waals surface area contributed by atoms with Crippen molar-refractivity contribution in [3.8, 4) is 5.75 Å². The molecule has 0 bridgehead atoms. The predicted molar refractivity (Wildman–Crippen MR) is 87.1 cm³/mol. The van der Waals surface area contributed by atoms with E-state index < -0.39 is 5.82 Å². The van der Waals surface area contributed by atoms with Gasteiger partial charge in [-0.3, -0.25) is 4.79 Å². The van der Waals surface area contributed by atoms with E-state index >= 15 is 0 Å². The van der Waals surface area contributed by atoms with Crippen molar-refractivity contribution in [3.05, 3.63) is 29.6 Å². The van der Waals surface area contributed by atoms with Crippen molar-refractivity contribution < 1.29 is 19.0 Å². The Balaban J connectivity index is 2.00. The van der Waals surface area contributed by atoms with Crippen LogP contribution in [0.4, 0.5) is 4.39 Å². The lowest BCUT2D eigenvalue weighted by Crippen LogP contribution is -2.34. The van der Waals surface area contributed by atoms with Crippen LogP contribution in [0.15, 0.2) is 18.2 Å². The molecule has 2 rings (SSSR count). The van der Waals surface area contributed by atoms with E-state index in [0.717, 1.165) is 25.7 Å². The van der Waals surface area contributed by atoms with Crippen LogP contribution < -0.4 is 4.74 Å². The molecule has 0 radical (unpaired) electrons. The summed E-state index contributed by atoms with van der Waals surface area (Å²) in [4.78, 5) is 13.6. The molecular formula is C17H23ClFNO3.